The Balaban J connectivity index is 2.85. The lowest BCUT2D eigenvalue weighted by Gasteiger charge is -2.11. The fourth-order valence-electron chi connectivity index (χ4n) is 1.26. The van der Waals surface area contributed by atoms with E-state index >= 15 is 0 Å². The zero-order valence-corrected chi connectivity index (χ0v) is 11.3. The Morgan fingerprint density at radius 3 is 2.29 bits per heavy atom. The van der Waals surface area contributed by atoms with Gasteiger partial charge in [0.05, 0.1) is 0 Å². The number of hydrogen-bond donors (Lipinski definition) is 1. The van der Waals surface area contributed by atoms with Crippen molar-refractivity contribution in [3.63, 3.8) is 0 Å². The number of nitrogens with one attached hydrogen (secondary N) is 1. The van der Waals surface area contributed by atoms with Crippen LogP contribution in [0.1, 0.15) is 18.1 Å². The largest absolute Gasteiger partial charge is 0.325 e. The van der Waals surface area contributed by atoms with Gasteiger partial charge in [0, 0.05) is 11.9 Å². The van der Waals surface area contributed by atoms with Crippen molar-refractivity contribution in [2.24, 2.45) is 0 Å². The summed E-state index contributed by atoms with van der Waals surface area (Å²) < 4.78 is 22.4. The summed E-state index contributed by atoms with van der Waals surface area (Å²) in [6, 6.07) is 5.47. The van der Waals surface area contributed by atoms with Crippen LogP contribution >= 0.6 is 0 Å². The maximum atomic E-state index is 11.7. The van der Waals surface area contributed by atoms with Crippen LogP contribution in [0.25, 0.3) is 0 Å². The van der Waals surface area contributed by atoms with E-state index in [0.717, 1.165) is 17.4 Å². The molecule has 0 unspecified atom stereocenters. The molecule has 0 aliphatic rings. The van der Waals surface area contributed by atoms with E-state index in [-0.39, 0.29) is 0 Å². The third kappa shape index (κ3) is 3.56. The molecular formula is C12H17NO3S. The number of hydrogen-bond acceptors (Lipinski definition) is 3. The molecule has 0 bridgehead atoms. The van der Waals surface area contributed by atoms with Gasteiger partial charge in [-0.15, -0.1) is 0 Å². The van der Waals surface area contributed by atoms with Gasteiger partial charge in [-0.05, 0) is 44.0 Å². The summed E-state index contributed by atoms with van der Waals surface area (Å²) in [5.41, 5.74) is 2.79. The van der Waals surface area contributed by atoms with E-state index in [1.54, 1.807) is 6.07 Å². The van der Waals surface area contributed by atoms with Crippen LogP contribution in [0.2, 0.25) is 0 Å². The average Bonchev–Trinajstić information content (AvgIpc) is 2.21. The lowest BCUT2D eigenvalue weighted by atomic mass is 10.1. The molecule has 0 fully saturated rings. The molecule has 1 aromatic rings. The Kier molecular flexibility index (Phi) is 3.93. The van der Waals surface area contributed by atoms with Crippen LogP contribution in [0.15, 0.2) is 18.2 Å². The summed E-state index contributed by atoms with van der Waals surface area (Å²) in [4.78, 5) is 11.7. The summed E-state index contributed by atoms with van der Waals surface area (Å²) in [6.45, 7) is 5.29. The Morgan fingerprint density at radius 2 is 1.82 bits per heavy atom. The van der Waals surface area contributed by atoms with Gasteiger partial charge in [0.1, 0.15) is 5.25 Å². The molecule has 4 nitrogen and oxygen atoms in total. The minimum atomic E-state index is -3.35. The van der Waals surface area contributed by atoms with E-state index in [0.29, 0.717) is 5.69 Å². The average molecular weight is 255 g/mol. The van der Waals surface area contributed by atoms with Crippen LogP contribution in [-0.2, 0) is 14.6 Å². The van der Waals surface area contributed by atoms with Gasteiger partial charge in [0.2, 0.25) is 5.91 Å². The van der Waals surface area contributed by atoms with Crippen molar-refractivity contribution < 1.29 is 13.2 Å². The highest BCUT2D eigenvalue weighted by atomic mass is 32.2. The van der Waals surface area contributed by atoms with Crippen LogP contribution in [0.3, 0.4) is 0 Å². The van der Waals surface area contributed by atoms with Crippen LogP contribution in [-0.4, -0.2) is 25.8 Å². The highest BCUT2D eigenvalue weighted by molar-refractivity contribution is 7.92. The highest BCUT2D eigenvalue weighted by Crippen LogP contribution is 2.15. The third-order valence-electron chi connectivity index (χ3n) is 2.79. The number of carbonyl (C=O) groups is 1. The Bertz CT molecular complexity index is 535. The quantitative estimate of drug-likeness (QED) is 0.893. The molecule has 0 radical (unpaired) electrons. The zero-order valence-electron chi connectivity index (χ0n) is 10.4. The van der Waals surface area contributed by atoms with Gasteiger partial charge in [-0.2, -0.15) is 0 Å². The SMILES string of the molecule is Cc1ccc(NC(=O)[C@H](C)S(C)(=O)=O)cc1C. The first-order chi connectivity index (χ1) is 7.71. The van der Waals surface area contributed by atoms with E-state index in [1.807, 2.05) is 26.0 Å². The predicted octanol–water partition coefficient (Wildman–Crippen LogP) is 1.68. The van der Waals surface area contributed by atoms with Gasteiger partial charge < -0.3 is 5.32 Å². The van der Waals surface area contributed by atoms with Crippen molar-refractivity contribution in [2.75, 3.05) is 11.6 Å². The van der Waals surface area contributed by atoms with Gasteiger partial charge in [0.15, 0.2) is 9.84 Å². The Labute approximate surface area is 102 Å². The molecule has 0 saturated heterocycles. The van der Waals surface area contributed by atoms with Crippen molar-refractivity contribution in [1.82, 2.24) is 0 Å². The number of benzene rings is 1. The standard InChI is InChI=1S/C12H17NO3S/c1-8-5-6-11(7-9(8)2)13-12(14)10(3)17(4,15)16/h5-7,10H,1-4H3,(H,13,14)/t10-/m0/s1. The second-order valence-electron chi connectivity index (χ2n) is 4.26. The number of anilines is 1. The molecule has 0 aliphatic carbocycles. The van der Waals surface area contributed by atoms with Gasteiger partial charge in [-0.25, -0.2) is 8.42 Å². The normalized spacial score (nSPS) is 13.2. The monoisotopic (exact) mass is 255 g/mol. The molecule has 0 heterocycles. The number of amides is 1. The van der Waals surface area contributed by atoms with Crippen molar-refractivity contribution in [3.05, 3.63) is 29.3 Å². The zero-order chi connectivity index (χ0) is 13.2. The first-order valence-corrected chi connectivity index (χ1v) is 7.24. The van der Waals surface area contributed by atoms with E-state index < -0.39 is 21.0 Å². The van der Waals surface area contributed by atoms with Crippen molar-refractivity contribution >= 4 is 21.4 Å². The summed E-state index contributed by atoms with van der Waals surface area (Å²) in [7, 11) is -3.35. The molecule has 1 aromatic carbocycles. The summed E-state index contributed by atoms with van der Waals surface area (Å²) in [5.74, 6) is -0.504. The highest BCUT2D eigenvalue weighted by Gasteiger charge is 2.23. The summed E-state index contributed by atoms with van der Waals surface area (Å²) in [5, 5.41) is 1.56. The minimum absolute atomic E-state index is 0.504. The van der Waals surface area contributed by atoms with Crippen molar-refractivity contribution in [1.29, 1.82) is 0 Å². The maximum Gasteiger partial charge on any atom is 0.242 e. The maximum absolute atomic E-state index is 11.7. The third-order valence-corrected chi connectivity index (χ3v) is 4.28. The fourth-order valence-corrected chi connectivity index (χ4v) is 1.71. The number of rotatable bonds is 3. The lowest BCUT2D eigenvalue weighted by Crippen LogP contribution is -2.31. The van der Waals surface area contributed by atoms with Crippen molar-refractivity contribution in [3.8, 4) is 0 Å². The van der Waals surface area contributed by atoms with E-state index in [4.69, 9.17) is 0 Å². The molecule has 1 N–H and O–H groups in total. The van der Waals surface area contributed by atoms with Gasteiger partial charge in [0.25, 0.3) is 0 Å². The predicted molar refractivity (Wildman–Crippen MR) is 68.9 cm³/mol. The topological polar surface area (TPSA) is 63.2 Å². The molecular weight excluding hydrogens is 238 g/mol. The lowest BCUT2D eigenvalue weighted by molar-refractivity contribution is -0.115. The van der Waals surface area contributed by atoms with Crippen LogP contribution < -0.4 is 5.32 Å². The summed E-state index contributed by atoms with van der Waals surface area (Å²) >= 11 is 0. The molecule has 94 valence electrons. The molecule has 5 heteroatoms. The van der Waals surface area contributed by atoms with Crippen LogP contribution in [0, 0.1) is 13.8 Å². The summed E-state index contributed by atoms with van der Waals surface area (Å²) in [6.07, 6.45) is 1.05. The Morgan fingerprint density at radius 1 is 1.24 bits per heavy atom. The molecule has 0 aliphatic heterocycles. The van der Waals surface area contributed by atoms with E-state index in [2.05, 4.69) is 5.32 Å². The molecule has 0 saturated carbocycles. The second-order valence-corrected chi connectivity index (χ2v) is 6.63. The van der Waals surface area contributed by atoms with E-state index in [1.165, 1.54) is 6.92 Å². The molecule has 1 atom stereocenters. The first kappa shape index (κ1) is 13.7. The van der Waals surface area contributed by atoms with Crippen LogP contribution in [0.5, 0.6) is 0 Å². The number of sulfone groups is 1. The number of carbonyl (C=O) groups excluding carboxylic acids is 1. The molecule has 1 amide bonds. The van der Waals surface area contributed by atoms with Gasteiger partial charge in [-0.3, -0.25) is 4.79 Å². The number of aryl methyl sites for hydroxylation is 2. The molecule has 0 aromatic heterocycles. The van der Waals surface area contributed by atoms with Crippen LogP contribution in [0.4, 0.5) is 5.69 Å². The first-order valence-electron chi connectivity index (χ1n) is 5.29. The molecule has 0 spiro atoms. The molecule has 1 rings (SSSR count). The van der Waals surface area contributed by atoms with Gasteiger partial charge >= 0.3 is 0 Å². The van der Waals surface area contributed by atoms with Gasteiger partial charge in [-0.1, -0.05) is 6.07 Å². The minimum Gasteiger partial charge on any atom is -0.325 e. The second kappa shape index (κ2) is 4.87. The smallest absolute Gasteiger partial charge is 0.242 e. The van der Waals surface area contributed by atoms with Crippen molar-refractivity contribution in [2.45, 2.75) is 26.0 Å². The molecule has 17 heavy (non-hydrogen) atoms. The fraction of sp³-hybridized carbons (Fsp3) is 0.417. The van der Waals surface area contributed by atoms with E-state index in [9.17, 15) is 13.2 Å². The Hall–Kier alpha value is -1.36.